The molecule has 0 unspecified atom stereocenters. The van der Waals surface area contributed by atoms with E-state index in [-0.39, 0.29) is 11.7 Å². The molecular formula is C23H29N5O2S. The highest BCUT2D eigenvalue weighted by atomic mass is 32.2. The zero-order valence-corrected chi connectivity index (χ0v) is 19.5. The van der Waals surface area contributed by atoms with Crippen LogP contribution in [0.2, 0.25) is 0 Å². The molecule has 1 amide bonds. The lowest BCUT2D eigenvalue weighted by molar-refractivity contribution is -0.113. The summed E-state index contributed by atoms with van der Waals surface area (Å²) >= 11 is 1.35. The minimum absolute atomic E-state index is 0.128. The Hall–Kier alpha value is -2.87. The number of nitrogens with zero attached hydrogens (tertiary/aromatic N) is 4. The predicted octanol–water partition coefficient (Wildman–Crippen LogP) is 4.74. The van der Waals surface area contributed by atoms with Crippen LogP contribution in [0.1, 0.15) is 49.2 Å². The van der Waals surface area contributed by atoms with E-state index in [1.807, 2.05) is 30.5 Å². The average Bonchev–Trinajstić information content (AvgIpc) is 3.14. The number of rotatable bonds is 9. The van der Waals surface area contributed by atoms with Crippen LogP contribution < -0.4 is 10.1 Å². The molecule has 8 heteroatoms. The van der Waals surface area contributed by atoms with Gasteiger partial charge in [-0.2, -0.15) is 0 Å². The summed E-state index contributed by atoms with van der Waals surface area (Å²) in [5, 5.41) is 12.1. The van der Waals surface area contributed by atoms with Crippen LogP contribution in [-0.2, 0) is 17.9 Å². The van der Waals surface area contributed by atoms with Crippen molar-refractivity contribution >= 4 is 23.5 Å². The Labute approximate surface area is 187 Å². The van der Waals surface area contributed by atoms with Crippen LogP contribution in [0.3, 0.4) is 0 Å². The SMILES string of the molecule is CCn1c(COc2cc(C)ccc2C(C)C)nnc1SCC(=O)Nc1ncccc1C. The number of aryl methyl sites for hydroxylation is 2. The van der Waals surface area contributed by atoms with Gasteiger partial charge in [0.05, 0.1) is 5.75 Å². The number of carbonyl (C=O) groups is 1. The maximum Gasteiger partial charge on any atom is 0.236 e. The van der Waals surface area contributed by atoms with E-state index in [0.717, 1.165) is 22.7 Å². The molecule has 0 bridgehead atoms. The maximum atomic E-state index is 12.3. The van der Waals surface area contributed by atoms with E-state index in [1.165, 1.54) is 17.3 Å². The lowest BCUT2D eigenvalue weighted by Crippen LogP contribution is -2.16. The summed E-state index contributed by atoms with van der Waals surface area (Å²) < 4.78 is 8.10. The predicted molar refractivity (Wildman–Crippen MR) is 124 cm³/mol. The van der Waals surface area contributed by atoms with Crippen molar-refractivity contribution in [3.05, 3.63) is 59.0 Å². The second-order valence-electron chi connectivity index (χ2n) is 7.63. The molecule has 0 radical (unpaired) electrons. The Balaban J connectivity index is 1.64. The Morgan fingerprint density at radius 2 is 2.03 bits per heavy atom. The fourth-order valence-electron chi connectivity index (χ4n) is 3.15. The van der Waals surface area contributed by atoms with Gasteiger partial charge in [0.15, 0.2) is 11.0 Å². The van der Waals surface area contributed by atoms with E-state index in [4.69, 9.17) is 4.74 Å². The molecular weight excluding hydrogens is 410 g/mol. The van der Waals surface area contributed by atoms with Crippen molar-refractivity contribution < 1.29 is 9.53 Å². The lowest BCUT2D eigenvalue weighted by atomic mass is 10.0. The Bertz CT molecular complexity index is 1050. The first-order valence-corrected chi connectivity index (χ1v) is 11.4. The molecule has 2 aromatic heterocycles. The van der Waals surface area contributed by atoms with Crippen molar-refractivity contribution in [2.24, 2.45) is 0 Å². The van der Waals surface area contributed by atoms with Gasteiger partial charge in [0, 0.05) is 12.7 Å². The highest BCUT2D eigenvalue weighted by Gasteiger charge is 2.16. The first-order chi connectivity index (χ1) is 14.9. The third-order valence-electron chi connectivity index (χ3n) is 4.86. The maximum absolute atomic E-state index is 12.3. The molecule has 0 saturated heterocycles. The minimum Gasteiger partial charge on any atom is -0.485 e. The van der Waals surface area contributed by atoms with Gasteiger partial charge in [-0.25, -0.2) is 4.98 Å². The fraction of sp³-hybridized carbons (Fsp3) is 0.391. The molecule has 2 heterocycles. The third kappa shape index (κ3) is 5.85. The van der Waals surface area contributed by atoms with Gasteiger partial charge in [-0.3, -0.25) is 4.79 Å². The number of aromatic nitrogens is 4. The highest BCUT2D eigenvalue weighted by molar-refractivity contribution is 7.99. The molecule has 0 spiro atoms. The summed E-state index contributed by atoms with van der Waals surface area (Å²) in [4.78, 5) is 16.5. The summed E-state index contributed by atoms with van der Waals surface area (Å²) in [5.41, 5.74) is 3.25. The van der Waals surface area contributed by atoms with E-state index in [1.54, 1.807) is 6.20 Å². The van der Waals surface area contributed by atoms with Crippen LogP contribution in [0.25, 0.3) is 0 Å². The van der Waals surface area contributed by atoms with Gasteiger partial charge >= 0.3 is 0 Å². The number of hydrogen-bond donors (Lipinski definition) is 1. The molecule has 1 N–H and O–H groups in total. The zero-order chi connectivity index (χ0) is 22.4. The Morgan fingerprint density at radius 1 is 1.23 bits per heavy atom. The molecule has 164 valence electrons. The number of ether oxygens (including phenoxy) is 1. The first kappa shape index (κ1) is 22.8. The van der Waals surface area contributed by atoms with Gasteiger partial charge in [0.2, 0.25) is 5.91 Å². The van der Waals surface area contributed by atoms with Gasteiger partial charge < -0.3 is 14.6 Å². The normalized spacial score (nSPS) is 11.0. The number of nitrogens with one attached hydrogen (secondary N) is 1. The molecule has 0 aliphatic carbocycles. The molecule has 0 aliphatic heterocycles. The van der Waals surface area contributed by atoms with Crippen LogP contribution in [0.4, 0.5) is 5.82 Å². The van der Waals surface area contributed by atoms with Crippen molar-refractivity contribution in [1.29, 1.82) is 0 Å². The summed E-state index contributed by atoms with van der Waals surface area (Å²) in [6, 6.07) is 10.0. The van der Waals surface area contributed by atoms with Gasteiger partial charge in [0.1, 0.15) is 18.2 Å². The largest absolute Gasteiger partial charge is 0.485 e. The van der Waals surface area contributed by atoms with Crippen molar-refractivity contribution in [2.45, 2.75) is 58.8 Å². The molecule has 3 rings (SSSR count). The van der Waals surface area contributed by atoms with Crippen LogP contribution in [0, 0.1) is 13.8 Å². The summed E-state index contributed by atoms with van der Waals surface area (Å²) in [7, 11) is 0. The first-order valence-electron chi connectivity index (χ1n) is 10.4. The van der Waals surface area contributed by atoms with Crippen LogP contribution in [-0.4, -0.2) is 31.4 Å². The number of anilines is 1. The smallest absolute Gasteiger partial charge is 0.236 e. The van der Waals surface area contributed by atoms with Crippen LogP contribution >= 0.6 is 11.8 Å². The fourth-order valence-corrected chi connectivity index (χ4v) is 3.97. The van der Waals surface area contributed by atoms with Gasteiger partial charge in [-0.15, -0.1) is 10.2 Å². The van der Waals surface area contributed by atoms with Gasteiger partial charge in [0.25, 0.3) is 0 Å². The second-order valence-corrected chi connectivity index (χ2v) is 8.58. The number of amides is 1. The van der Waals surface area contributed by atoms with Crippen LogP contribution in [0.15, 0.2) is 41.7 Å². The average molecular weight is 440 g/mol. The number of pyridine rings is 1. The summed E-state index contributed by atoms with van der Waals surface area (Å²) in [6.07, 6.45) is 1.66. The molecule has 0 saturated carbocycles. The summed E-state index contributed by atoms with van der Waals surface area (Å²) in [5.74, 6) is 2.66. The number of carbonyl (C=O) groups excluding carboxylic acids is 1. The Kier molecular flexibility index (Phi) is 7.68. The van der Waals surface area contributed by atoms with Crippen LogP contribution in [0.5, 0.6) is 5.75 Å². The van der Waals surface area contributed by atoms with Gasteiger partial charge in [-0.1, -0.05) is 43.8 Å². The van der Waals surface area contributed by atoms with E-state index in [2.05, 4.69) is 59.5 Å². The number of thioether (sulfide) groups is 1. The van der Waals surface area contributed by atoms with Crippen molar-refractivity contribution in [3.8, 4) is 5.75 Å². The molecule has 0 aliphatic rings. The standard InChI is InChI=1S/C23H29N5O2S/c1-6-28-20(13-30-19-12-16(4)9-10-18(19)15(2)3)26-27-23(28)31-14-21(29)25-22-17(5)8-7-11-24-22/h7-12,15H,6,13-14H2,1-5H3,(H,24,25,29). The molecule has 0 atom stereocenters. The number of benzene rings is 1. The third-order valence-corrected chi connectivity index (χ3v) is 5.82. The quantitative estimate of drug-likeness (QED) is 0.485. The topological polar surface area (TPSA) is 81.9 Å². The highest BCUT2D eigenvalue weighted by Crippen LogP contribution is 2.28. The van der Waals surface area contributed by atoms with E-state index < -0.39 is 0 Å². The van der Waals surface area contributed by atoms with E-state index >= 15 is 0 Å². The van der Waals surface area contributed by atoms with Crippen molar-refractivity contribution in [1.82, 2.24) is 19.7 Å². The Morgan fingerprint density at radius 3 is 2.74 bits per heavy atom. The van der Waals surface area contributed by atoms with E-state index in [9.17, 15) is 4.79 Å². The number of hydrogen-bond acceptors (Lipinski definition) is 6. The van der Waals surface area contributed by atoms with Crippen molar-refractivity contribution in [3.63, 3.8) is 0 Å². The monoisotopic (exact) mass is 439 g/mol. The lowest BCUT2D eigenvalue weighted by Gasteiger charge is -2.15. The molecule has 7 nitrogen and oxygen atoms in total. The molecule has 1 aromatic carbocycles. The minimum atomic E-state index is -0.128. The summed E-state index contributed by atoms with van der Waals surface area (Å²) in [6.45, 7) is 11.3. The zero-order valence-electron chi connectivity index (χ0n) is 18.7. The van der Waals surface area contributed by atoms with Gasteiger partial charge in [-0.05, 0) is 55.5 Å². The molecule has 31 heavy (non-hydrogen) atoms. The molecule has 3 aromatic rings. The van der Waals surface area contributed by atoms with E-state index in [0.29, 0.717) is 30.0 Å². The second kappa shape index (κ2) is 10.4. The molecule has 0 fully saturated rings. The van der Waals surface area contributed by atoms with Crippen molar-refractivity contribution in [2.75, 3.05) is 11.1 Å².